The first-order chi connectivity index (χ1) is 17.3. The van der Waals surface area contributed by atoms with E-state index in [1.165, 1.54) is 0 Å². The Morgan fingerprint density at radius 2 is 0.944 bits per heavy atom. The van der Waals surface area contributed by atoms with Gasteiger partial charge in [-0.05, 0) is 74.2 Å². The molecule has 0 N–H and O–H groups in total. The number of aryl methyl sites for hydroxylation is 4. The van der Waals surface area contributed by atoms with Gasteiger partial charge in [-0.2, -0.15) is 0 Å². The molecule has 3 aromatic carbocycles. The molecule has 0 aromatic heterocycles. The Hall–Kier alpha value is -3.48. The van der Waals surface area contributed by atoms with Gasteiger partial charge in [0.1, 0.15) is 36.9 Å². The topological polar surface area (TPSA) is 77.7 Å². The van der Waals surface area contributed by atoms with Gasteiger partial charge < -0.3 is 18.9 Å². The summed E-state index contributed by atoms with van der Waals surface area (Å²) in [7, 11) is 0. The summed E-state index contributed by atoms with van der Waals surface area (Å²) in [5, 5.41) is 0. The number of ether oxygens (including phenoxy) is 4. The third-order valence-electron chi connectivity index (χ3n) is 6.49. The average Bonchev–Trinajstić information content (AvgIpc) is 3.77. The molecule has 5 rings (SSSR count). The number of benzene rings is 3. The fraction of sp³-hybridized carbons (Fsp3) is 0.333. The number of rotatable bonds is 10. The minimum absolute atomic E-state index is 0.0925. The van der Waals surface area contributed by atoms with Gasteiger partial charge in [0.15, 0.2) is 11.6 Å². The SMILES string of the molecule is Cc1cc(C(=O)c2ccc(C(=O)c3cc(C)c(OCC4CO4)c(C)c3)cc2)cc(C)c1OCC1CO1. The third-order valence-corrected chi connectivity index (χ3v) is 6.49. The van der Waals surface area contributed by atoms with Gasteiger partial charge in [0, 0.05) is 22.3 Å². The minimum atomic E-state index is -0.0925. The molecule has 6 heteroatoms. The maximum Gasteiger partial charge on any atom is 0.193 e. The molecular weight excluding hydrogens is 456 g/mol. The van der Waals surface area contributed by atoms with E-state index in [0.29, 0.717) is 35.5 Å². The minimum Gasteiger partial charge on any atom is -0.490 e. The summed E-state index contributed by atoms with van der Waals surface area (Å²) in [5.74, 6) is 1.41. The van der Waals surface area contributed by atoms with Crippen LogP contribution < -0.4 is 9.47 Å². The van der Waals surface area contributed by atoms with Crippen LogP contribution in [0.5, 0.6) is 11.5 Å². The number of epoxide rings is 2. The van der Waals surface area contributed by atoms with Gasteiger partial charge in [0.2, 0.25) is 0 Å². The van der Waals surface area contributed by atoms with Crippen molar-refractivity contribution in [3.05, 3.63) is 93.0 Å². The summed E-state index contributed by atoms with van der Waals surface area (Å²) in [6.45, 7) is 10.3. The zero-order valence-corrected chi connectivity index (χ0v) is 21.1. The smallest absolute Gasteiger partial charge is 0.193 e. The molecule has 2 unspecified atom stereocenters. The molecule has 2 atom stereocenters. The second kappa shape index (κ2) is 9.88. The molecule has 3 aromatic rings. The van der Waals surface area contributed by atoms with E-state index in [9.17, 15) is 9.59 Å². The van der Waals surface area contributed by atoms with Crippen LogP contribution in [-0.2, 0) is 9.47 Å². The molecule has 2 fully saturated rings. The van der Waals surface area contributed by atoms with Gasteiger partial charge in [-0.3, -0.25) is 9.59 Å². The quantitative estimate of drug-likeness (QED) is 0.299. The van der Waals surface area contributed by atoms with Gasteiger partial charge in [0.25, 0.3) is 0 Å². The van der Waals surface area contributed by atoms with Crippen molar-refractivity contribution in [1.29, 1.82) is 0 Å². The molecule has 0 aliphatic carbocycles. The molecule has 2 aliphatic heterocycles. The first-order valence-electron chi connectivity index (χ1n) is 12.2. The first kappa shape index (κ1) is 24.2. The van der Waals surface area contributed by atoms with E-state index in [1.807, 2.05) is 52.0 Å². The lowest BCUT2D eigenvalue weighted by Gasteiger charge is -2.14. The van der Waals surface area contributed by atoms with E-state index in [2.05, 4.69) is 0 Å². The van der Waals surface area contributed by atoms with Crippen LogP contribution >= 0.6 is 0 Å². The van der Waals surface area contributed by atoms with Crippen molar-refractivity contribution in [2.75, 3.05) is 26.4 Å². The zero-order valence-electron chi connectivity index (χ0n) is 21.1. The van der Waals surface area contributed by atoms with Crippen LogP contribution in [-0.4, -0.2) is 50.2 Å². The number of carbonyl (C=O) groups excluding carboxylic acids is 2. The Balaban J connectivity index is 1.30. The van der Waals surface area contributed by atoms with Gasteiger partial charge in [-0.15, -0.1) is 0 Å². The summed E-state index contributed by atoms with van der Waals surface area (Å²) in [6, 6.07) is 14.2. The van der Waals surface area contributed by atoms with Gasteiger partial charge in [-0.1, -0.05) is 24.3 Å². The number of carbonyl (C=O) groups is 2. The van der Waals surface area contributed by atoms with Crippen LogP contribution in [0.2, 0.25) is 0 Å². The second-order valence-corrected chi connectivity index (χ2v) is 9.65. The lowest BCUT2D eigenvalue weighted by Crippen LogP contribution is -2.09. The Kier molecular flexibility index (Phi) is 6.65. The van der Waals surface area contributed by atoms with Crippen LogP contribution in [0.25, 0.3) is 0 Å². The van der Waals surface area contributed by atoms with Crippen LogP contribution in [0.1, 0.15) is 54.1 Å². The van der Waals surface area contributed by atoms with E-state index in [0.717, 1.165) is 47.0 Å². The standard InChI is InChI=1S/C30H30O6/c1-17-9-23(10-18(2)29(17)35-15-25-13-33-25)27(31)21-5-7-22(8-6-21)28(32)24-11-19(3)30(20(4)12-24)36-16-26-14-34-26/h5-12,25-26H,13-16H2,1-4H3. The molecule has 2 heterocycles. The average molecular weight is 487 g/mol. The molecule has 6 nitrogen and oxygen atoms in total. The highest BCUT2D eigenvalue weighted by molar-refractivity contribution is 6.12. The molecule has 2 saturated heterocycles. The van der Waals surface area contributed by atoms with Gasteiger partial charge in [-0.25, -0.2) is 0 Å². The third kappa shape index (κ3) is 5.35. The highest BCUT2D eigenvalue weighted by atomic mass is 16.6. The number of hydrogen-bond donors (Lipinski definition) is 0. The molecular formula is C30H30O6. The van der Waals surface area contributed by atoms with Crippen molar-refractivity contribution in [2.45, 2.75) is 39.9 Å². The Labute approximate surface area is 211 Å². The van der Waals surface area contributed by atoms with Crippen molar-refractivity contribution in [1.82, 2.24) is 0 Å². The highest BCUT2D eigenvalue weighted by Gasteiger charge is 2.25. The predicted octanol–water partition coefficient (Wildman–Crippen LogP) is 4.94. The molecule has 0 bridgehead atoms. The maximum atomic E-state index is 13.2. The normalized spacial score (nSPS) is 18.0. The fourth-order valence-electron chi connectivity index (χ4n) is 4.41. The van der Waals surface area contributed by atoms with Crippen molar-refractivity contribution < 1.29 is 28.5 Å². The molecule has 186 valence electrons. The Bertz CT molecular complexity index is 1170. The molecule has 2 aliphatic rings. The van der Waals surface area contributed by atoms with E-state index in [1.54, 1.807) is 24.3 Å². The van der Waals surface area contributed by atoms with Gasteiger partial charge in [0.05, 0.1) is 13.2 Å². The van der Waals surface area contributed by atoms with Gasteiger partial charge >= 0.3 is 0 Å². The van der Waals surface area contributed by atoms with E-state index in [4.69, 9.17) is 18.9 Å². The molecule has 0 spiro atoms. The van der Waals surface area contributed by atoms with E-state index >= 15 is 0 Å². The Morgan fingerprint density at radius 1 is 0.639 bits per heavy atom. The van der Waals surface area contributed by atoms with Crippen molar-refractivity contribution >= 4 is 11.6 Å². The summed E-state index contributed by atoms with van der Waals surface area (Å²) < 4.78 is 22.2. The summed E-state index contributed by atoms with van der Waals surface area (Å²) in [4.78, 5) is 26.3. The summed E-state index contributed by atoms with van der Waals surface area (Å²) in [6.07, 6.45) is 0.348. The maximum absolute atomic E-state index is 13.2. The van der Waals surface area contributed by atoms with Crippen LogP contribution in [0.15, 0.2) is 48.5 Å². The Morgan fingerprint density at radius 3 is 1.22 bits per heavy atom. The van der Waals surface area contributed by atoms with Crippen molar-refractivity contribution in [2.24, 2.45) is 0 Å². The van der Waals surface area contributed by atoms with Crippen LogP contribution in [0, 0.1) is 27.7 Å². The lowest BCUT2D eigenvalue weighted by molar-refractivity contribution is 0.102. The van der Waals surface area contributed by atoms with Crippen molar-refractivity contribution in [3.8, 4) is 11.5 Å². The second-order valence-electron chi connectivity index (χ2n) is 9.65. The van der Waals surface area contributed by atoms with E-state index < -0.39 is 0 Å². The monoisotopic (exact) mass is 486 g/mol. The molecule has 0 amide bonds. The molecule has 36 heavy (non-hydrogen) atoms. The van der Waals surface area contributed by atoms with E-state index in [-0.39, 0.29) is 23.8 Å². The molecule has 0 saturated carbocycles. The molecule has 0 radical (unpaired) electrons. The number of ketones is 2. The number of hydrogen-bond acceptors (Lipinski definition) is 6. The summed E-state index contributed by atoms with van der Waals surface area (Å²) >= 11 is 0. The first-order valence-corrected chi connectivity index (χ1v) is 12.2. The lowest BCUT2D eigenvalue weighted by atomic mass is 9.95. The fourth-order valence-corrected chi connectivity index (χ4v) is 4.41. The van der Waals surface area contributed by atoms with Crippen LogP contribution in [0.4, 0.5) is 0 Å². The zero-order chi connectivity index (χ0) is 25.4. The summed E-state index contributed by atoms with van der Waals surface area (Å²) in [5.41, 5.74) is 5.90. The largest absolute Gasteiger partial charge is 0.490 e. The van der Waals surface area contributed by atoms with Crippen molar-refractivity contribution in [3.63, 3.8) is 0 Å². The highest BCUT2D eigenvalue weighted by Crippen LogP contribution is 2.29. The van der Waals surface area contributed by atoms with Crippen LogP contribution in [0.3, 0.4) is 0 Å². The predicted molar refractivity (Wildman–Crippen MR) is 136 cm³/mol.